The van der Waals surface area contributed by atoms with Crippen molar-refractivity contribution in [2.75, 3.05) is 10.8 Å². The molecule has 0 heterocycles. The number of amides is 2. The zero-order chi connectivity index (χ0) is 29.4. The van der Waals surface area contributed by atoms with Gasteiger partial charge in [-0.1, -0.05) is 61.3 Å². The van der Waals surface area contributed by atoms with E-state index in [1.807, 2.05) is 20.8 Å². The van der Waals surface area contributed by atoms with Crippen molar-refractivity contribution in [3.05, 3.63) is 94.8 Å². The van der Waals surface area contributed by atoms with E-state index in [1.165, 1.54) is 4.90 Å². The van der Waals surface area contributed by atoms with E-state index in [-0.39, 0.29) is 29.1 Å². The van der Waals surface area contributed by atoms with Gasteiger partial charge in [0.1, 0.15) is 18.4 Å². The standard InChI is InChI=1S/C30H35ClFN3O4S/c1-5-22(4)33-30(37)28(6-2)34(19-23-9-7-8-10-27(23)31)29(36)20-35(25-15-11-21(3)12-16-25)40(38,39)26-17-13-24(32)14-18-26/h7-18,22,28H,5-6,19-20H2,1-4H3,(H,33,37)/t22-,28+/m1/s1. The molecule has 10 heteroatoms. The number of hydrogen-bond donors (Lipinski definition) is 1. The molecule has 2 amide bonds. The van der Waals surface area contributed by atoms with E-state index < -0.39 is 34.3 Å². The molecule has 40 heavy (non-hydrogen) atoms. The van der Waals surface area contributed by atoms with Crippen LogP contribution >= 0.6 is 11.6 Å². The molecule has 0 spiro atoms. The summed E-state index contributed by atoms with van der Waals surface area (Å²) >= 11 is 6.41. The Kier molecular flexibility index (Phi) is 10.7. The lowest BCUT2D eigenvalue weighted by atomic mass is 10.1. The van der Waals surface area contributed by atoms with Crippen molar-refractivity contribution in [1.82, 2.24) is 10.2 Å². The summed E-state index contributed by atoms with van der Waals surface area (Å²) in [5.41, 5.74) is 1.79. The van der Waals surface area contributed by atoms with Crippen LogP contribution in [0, 0.1) is 12.7 Å². The molecule has 0 aliphatic heterocycles. The van der Waals surface area contributed by atoms with Crippen LogP contribution in [0.4, 0.5) is 10.1 Å². The molecule has 0 saturated heterocycles. The number of hydrogen-bond acceptors (Lipinski definition) is 4. The molecule has 0 aliphatic carbocycles. The number of carbonyl (C=O) groups excluding carboxylic acids is 2. The van der Waals surface area contributed by atoms with E-state index in [4.69, 9.17) is 11.6 Å². The fourth-order valence-corrected chi connectivity index (χ4v) is 5.75. The van der Waals surface area contributed by atoms with Gasteiger partial charge < -0.3 is 10.2 Å². The molecule has 0 radical (unpaired) electrons. The first kappa shape index (κ1) is 31.1. The molecule has 3 rings (SSSR count). The average Bonchev–Trinajstić information content (AvgIpc) is 2.93. The smallest absolute Gasteiger partial charge is 0.264 e. The summed E-state index contributed by atoms with van der Waals surface area (Å²) in [4.78, 5) is 28.6. The van der Waals surface area contributed by atoms with Gasteiger partial charge in [0.15, 0.2) is 0 Å². The van der Waals surface area contributed by atoms with Crippen molar-refractivity contribution < 1.29 is 22.4 Å². The van der Waals surface area contributed by atoms with Gasteiger partial charge in [0, 0.05) is 17.6 Å². The van der Waals surface area contributed by atoms with Crippen molar-refractivity contribution in [1.29, 1.82) is 0 Å². The number of carbonyl (C=O) groups is 2. The lowest BCUT2D eigenvalue weighted by Crippen LogP contribution is -2.53. The molecule has 214 valence electrons. The fourth-order valence-electron chi connectivity index (χ4n) is 4.14. The third-order valence-electron chi connectivity index (χ3n) is 6.69. The largest absolute Gasteiger partial charge is 0.352 e. The summed E-state index contributed by atoms with van der Waals surface area (Å²) < 4.78 is 42.2. The molecule has 2 atom stereocenters. The Hall–Kier alpha value is -3.43. The molecule has 0 saturated carbocycles. The molecule has 3 aromatic carbocycles. The fraction of sp³-hybridized carbons (Fsp3) is 0.333. The molecule has 3 aromatic rings. The van der Waals surface area contributed by atoms with Gasteiger partial charge in [0.05, 0.1) is 10.6 Å². The second-order valence-corrected chi connectivity index (χ2v) is 11.9. The zero-order valence-corrected chi connectivity index (χ0v) is 24.7. The highest BCUT2D eigenvalue weighted by atomic mass is 35.5. The van der Waals surface area contributed by atoms with Gasteiger partial charge in [0.2, 0.25) is 11.8 Å². The Labute approximate surface area is 241 Å². The van der Waals surface area contributed by atoms with Gasteiger partial charge in [-0.3, -0.25) is 13.9 Å². The Balaban J connectivity index is 2.06. The van der Waals surface area contributed by atoms with Crippen molar-refractivity contribution >= 4 is 39.1 Å². The summed E-state index contributed by atoms with van der Waals surface area (Å²) in [6, 6.07) is 17.1. The van der Waals surface area contributed by atoms with E-state index in [9.17, 15) is 22.4 Å². The predicted octanol–water partition coefficient (Wildman–Crippen LogP) is 5.70. The summed E-state index contributed by atoms with van der Waals surface area (Å²) in [7, 11) is -4.28. The van der Waals surface area contributed by atoms with Crippen LogP contribution in [0.25, 0.3) is 0 Å². The second kappa shape index (κ2) is 13.8. The third-order valence-corrected chi connectivity index (χ3v) is 8.84. The van der Waals surface area contributed by atoms with Gasteiger partial charge in [-0.25, -0.2) is 12.8 Å². The number of nitrogens with one attached hydrogen (secondary N) is 1. The zero-order valence-electron chi connectivity index (χ0n) is 23.1. The molecule has 0 bridgehead atoms. The van der Waals surface area contributed by atoms with Crippen LogP contribution in [-0.4, -0.2) is 43.8 Å². The average molecular weight is 588 g/mol. The van der Waals surface area contributed by atoms with E-state index in [0.717, 1.165) is 34.1 Å². The lowest BCUT2D eigenvalue weighted by molar-refractivity contribution is -0.140. The Morgan fingerprint density at radius 3 is 2.15 bits per heavy atom. The summed E-state index contributed by atoms with van der Waals surface area (Å²) in [6.07, 6.45) is 1.01. The first-order valence-corrected chi connectivity index (χ1v) is 15.0. The van der Waals surface area contributed by atoms with Crippen molar-refractivity contribution in [2.45, 2.75) is 64.1 Å². The maximum absolute atomic E-state index is 14.0. The van der Waals surface area contributed by atoms with Crippen LogP contribution in [0.2, 0.25) is 5.02 Å². The Morgan fingerprint density at radius 2 is 1.57 bits per heavy atom. The molecule has 0 unspecified atom stereocenters. The van der Waals surface area contributed by atoms with E-state index in [1.54, 1.807) is 55.5 Å². The van der Waals surface area contributed by atoms with E-state index >= 15 is 0 Å². The van der Waals surface area contributed by atoms with E-state index in [2.05, 4.69) is 5.32 Å². The van der Waals surface area contributed by atoms with Crippen LogP contribution in [0.5, 0.6) is 0 Å². The van der Waals surface area contributed by atoms with Crippen LogP contribution in [-0.2, 0) is 26.2 Å². The topological polar surface area (TPSA) is 86.8 Å². The number of nitrogens with zero attached hydrogens (tertiary/aromatic N) is 2. The van der Waals surface area contributed by atoms with Crippen molar-refractivity contribution in [2.24, 2.45) is 0 Å². The van der Waals surface area contributed by atoms with Crippen LogP contribution < -0.4 is 9.62 Å². The number of sulfonamides is 1. The van der Waals surface area contributed by atoms with Gasteiger partial charge in [-0.15, -0.1) is 0 Å². The monoisotopic (exact) mass is 587 g/mol. The Bertz CT molecular complexity index is 1420. The van der Waals surface area contributed by atoms with Crippen LogP contribution in [0.3, 0.4) is 0 Å². The van der Waals surface area contributed by atoms with Crippen molar-refractivity contribution in [3.63, 3.8) is 0 Å². The Morgan fingerprint density at radius 1 is 0.950 bits per heavy atom. The SMILES string of the molecule is CC[C@@H](C)NC(=O)[C@H](CC)N(Cc1ccccc1Cl)C(=O)CN(c1ccc(C)cc1)S(=O)(=O)c1ccc(F)cc1. The molecule has 0 fully saturated rings. The minimum absolute atomic E-state index is 0.00325. The van der Waals surface area contributed by atoms with Crippen LogP contribution in [0.15, 0.2) is 77.7 Å². The quantitative estimate of drug-likeness (QED) is 0.294. The van der Waals surface area contributed by atoms with Gasteiger partial charge in [-0.05, 0) is 74.7 Å². The molecule has 7 nitrogen and oxygen atoms in total. The number of anilines is 1. The molecular formula is C30H35ClFN3O4S. The second-order valence-electron chi connectivity index (χ2n) is 9.66. The number of aryl methyl sites for hydroxylation is 1. The molecular weight excluding hydrogens is 553 g/mol. The summed E-state index contributed by atoms with van der Waals surface area (Å²) in [5, 5.41) is 3.36. The molecule has 0 aliphatic rings. The number of halogens is 2. The maximum Gasteiger partial charge on any atom is 0.264 e. The predicted molar refractivity (Wildman–Crippen MR) is 156 cm³/mol. The van der Waals surface area contributed by atoms with Gasteiger partial charge >= 0.3 is 0 Å². The summed E-state index contributed by atoms with van der Waals surface area (Å²) in [5.74, 6) is -1.50. The van der Waals surface area contributed by atoms with Gasteiger partial charge in [-0.2, -0.15) is 0 Å². The highest BCUT2D eigenvalue weighted by Crippen LogP contribution is 2.26. The first-order chi connectivity index (χ1) is 19.0. The normalized spacial score (nSPS) is 12.8. The number of rotatable bonds is 12. The first-order valence-electron chi connectivity index (χ1n) is 13.2. The number of benzene rings is 3. The van der Waals surface area contributed by atoms with Crippen molar-refractivity contribution in [3.8, 4) is 0 Å². The minimum atomic E-state index is -4.28. The van der Waals surface area contributed by atoms with Gasteiger partial charge in [0.25, 0.3) is 10.0 Å². The maximum atomic E-state index is 14.0. The highest BCUT2D eigenvalue weighted by molar-refractivity contribution is 7.92. The highest BCUT2D eigenvalue weighted by Gasteiger charge is 2.34. The lowest BCUT2D eigenvalue weighted by Gasteiger charge is -2.34. The minimum Gasteiger partial charge on any atom is -0.352 e. The molecule has 0 aromatic heterocycles. The third kappa shape index (κ3) is 7.61. The molecule has 1 N–H and O–H groups in total. The van der Waals surface area contributed by atoms with Crippen LogP contribution in [0.1, 0.15) is 44.7 Å². The summed E-state index contributed by atoms with van der Waals surface area (Å²) in [6.45, 7) is 6.89. The van der Waals surface area contributed by atoms with E-state index in [0.29, 0.717) is 23.4 Å².